The molecule has 0 aromatic heterocycles. The number of ether oxygens (including phenoxy) is 2. The smallest absolute Gasteiger partial charge is 0.191 e. The Labute approximate surface area is 157 Å². The van der Waals surface area contributed by atoms with Gasteiger partial charge in [0.15, 0.2) is 5.96 Å². The Balaban J connectivity index is 1.49. The second-order valence-corrected chi connectivity index (χ2v) is 6.85. The second-order valence-electron chi connectivity index (χ2n) is 6.85. The number of guanidine groups is 1. The Morgan fingerprint density at radius 1 is 1.15 bits per heavy atom. The summed E-state index contributed by atoms with van der Waals surface area (Å²) in [6, 6.07) is 10.5. The van der Waals surface area contributed by atoms with Crippen LogP contribution in [-0.4, -0.2) is 69.9 Å². The van der Waals surface area contributed by atoms with E-state index >= 15 is 0 Å². The van der Waals surface area contributed by atoms with Crippen LogP contribution >= 0.6 is 0 Å². The fraction of sp³-hybridized carbons (Fsp3) is 0.650. The van der Waals surface area contributed by atoms with E-state index in [0.29, 0.717) is 5.92 Å². The number of hydrogen-bond acceptors (Lipinski definition) is 4. The van der Waals surface area contributed by atoms with Crippen molar-refractivity contribution < 1.29 is 9.47 Å². The molecule has 2 aliphatic rings. The zero-order valence-electron chi connectivity index (χ0n) is 15.8. The van der Waals surface area contributed by atoms with Gasteiger partial charge in [0.1, 0.15) is 0 Å². The largest absolute Gasteiger partial charge is 0.379 e. The van der Waals surface area contributed by atoms with Crippen LogP contribution in [0.25, 0.3) is 0 Å². The maximum Gasteiger partial charge on any atom is 0.191 e. The minimum atomic E-state index is 0.163. The van der Waals surface area contributed by atoms with Crippen molar-refractivity contribution in [2.45, 2.75) is 19.4 Å². The van der Waals surface area contributed by atoms with E-state index in [4.69, 9.17) is 14.5 Å². The van der Waals surface area contributed by atoms with Crippen molar-refractivity contribution in [3.05, 3.63) is 35.9 Å². The summed E-state index contributed by atoms with van der Waals surface area (Å²) in [5.74, 6) is 1.34. The maximum absolute atomic E-state index is 5.98. The number of benzene rings is 1. The molecule has 6 nitrogen and oxygen atoms in total. The number of hydrogen-bond donors (Lipinski definition) is 2. The Bertz CT molecular complexity index is 546. The van der Waals surface area contributed by atoms with Gasteiger partial charge in [-0.2, -0.15) is 0 Å². The minimum absolute atomic E-state index is 0.163. The predicted molar refractivity (Wildman–Crippen MR) is 104 cm³/mol. The number of rotatable bonds is 7. The molecule has 6 heteroatoms. The molecule has 2 saturated heterocycles. The van der Waals surface area contributed by atoms with E-state index in [9.17, 15) is 0 Å². The van der Waals surface area contributed by atoms with Gasteiger partial charge in [0.2, 0.25) is 0 Å². The van der Waals surface area contributed by atoms with Crippen LogP contribution in [0, 0.1) is 5.92 Å². The van der Waals surface area contributed by atoms with Gasteiger partial charge in [-0.15, -0.1) is 0 Å². The van der Waals surface area contributed by atoms with Crippen LogP contribution in [0.5, 0.6) is 0 Å². The van der Waals surface area contributed by atoms with Crippen LogP contribution in [0.1, 0.15) is 25.0 Å². The van der Waals surface area contributed by atoms with Crippen LogP contribution < -0.4 is 10.6 Å². The van der Waals surface area contributed by atoms with E-state index < -0.39 is 0 Å². The molecule has 0 bridgehead atoms. The highest BCUT2D eigenvalue weighted by Crippen LogP contribution is 2.34. The topological polar surface area (TPSA) is 58.1 Å². The molecule has 2 unspecified atom stereocenters. The van der Waals surface area contributed by atoms with Gasteiger partial charge in [-0.1, -0.05) is 30.3 Å². The molecular weight excluding hydrogens is 328 g/mol. The standard InChI is InChI=1S/C20H32N4O2/c1-2-21-20(22-9-10-24-11-14-25-15-12-24)23-16-18-8-13-26-19(18)17-6-4-3-5-7-17/h3-7,18-19H,2,8-16H2,1H3,(H2,21,22,23). The summed E-state index contributed by atoms with van der Waals surface area (Å²) in [6.07, 6.45) is 1.23. The van der Waals surface area contributed by atoms with Gasteiger partial charge in [0.25, 0.3) is 0 Å². The van der Waals surface area contributed by atoms with Crippen LogP contribution in [0.15, 0.2) is 35.3 Å². The molecule has 26 heavy (non-hydrogen) atoms. The third-order valence-corrected chi connectivity index (χ3v) is 4.99. The molecule has 1 aromatic carbocycles. The monoisotopic (exact) mass is 360 g/mol. The first-order chi connectivity index (χ1) is 12.9. The highest BCUT2D eigenvalue weighted by atomic mass is 16.5. The molecule has 144 valence electrons. The van der Waals surface area contributed by atoms with Gasteiger partial charge < -0.3 is 20.1 Å². The van der Waals surface area contributed by atoms with Gasteiger partial charge in [-0.25, -0.2) is 0 Å². The molecule has 0 radical (unpaired) electrons. The van der Waals surface area contributed by atoms with Gasteiger partial charge in [-0.3, -0.25) is 9.89 Å². The van der Waals surface area contributed by atoms with Gasteiger partial charge in [0.05, 0.1) is 19.3 Å². The Hall–Kier alpha value is -1.63. The van der Waals surface area contributed by atoms with E-state index in [-0.39, 0.29) is 6.10 Å². The SMILES string of the molecule is CCNC(=NCC1CCOC1c1ccccc1)NCCN1CCOCC1. The number of nitrogens with one attached hydrogen (secondary N) is 2. The van der Waals surface area contributed by atoms with Crippen LogP contribution in [0.2, 0.25) is 0 Å². The van der Waals surface area contributed by atoms with Gasteiger partial charge in [0, 0.05) is 51.8 Å². The van der Waals surface area contributed by atoms with E-state index in [1.54, 1.807) is 0 Å². The predicted octanol–water partition coefficient (Wildman–Crippen LogP) is 1.65. The Kier molecular flexibility index (Phi) is 7.73. The van der Waals surface area contributed by atoms with Crippen molar-refractivity contribution in [1.82, 2.24) is 15.5 Å². The molecule has 0 aliphatic carbocycles. The molecule has 3 rings (SSSR count). The summed E-state index contributed by atoms with van der Waals surface area (Å²) >= 11 is 0. The molecule has 2 heterocycles. The van der Waals surface area contributed by atoms with Crippen molar-refractivity contribution in [1.29, 1.82) is 0 Å². The summed E-state index contributed by atoms with van der Waals surface area (Å²) in [6.45, 7) is 10.2. The number of morpholine rings is 1. The van der Waals surface area contributed by atoms with Crippen LogP contribution in [0.4, 0.5) is 0 Å². The highest BCUT2D eigenvalue weighted by Gasteiger charge is 2.29. The lowest BCUT2D eigenvalue weighted by Gasteiger charge is -2.26. The summed E-state index contributed by atoms with van der Waals surface area (Å²) < 4.78 is 11.4. The fourth-order valence-corrected chi connectivity index (χ4v) is 3.54. The molecule has 2 aliphatic heterocycles. The molecular formula is C20H32N4O2. The third kappa shape index (κ3) is 5.69. The zero-order chi connectivity index (χ0) is 18.0. The quantitative estimate of drug-likeness (QED) is 0.572. The summed E-state index contributed by atoms with van der Waals surface area (Å²) in [5.41, 5.74) is 1.26. The average Bonchev–Trinajstić information content (AvgIpc) is 3.16. The molecule has 0 spiro atoms. The summed E-state index contributed by atoms with van der Waals surface area (Å²) in [7, 11) is 0. The summed E-state index contributed by atoms with van der Waals surface area (Å²) in [5, 5.41) is 6.82. The zero-order valence-corrected chi connectivity index (χ0v) is 15.8. The first-order valence-electron chi connectivity index (χ1n) is 9.85. The van der Waals surface area contributed by atoms with Gasteiger partial charge >= 0.3 is 0 Å². The lowest BCUT2D eigenvalue weighted by Crippen LogP contribution is -2.44. The normalized spacial score (nSPS) is 24.6. The first-order valence-corrected chi connectivity index (χ1v) is 9.85. The Morgan fingerprint density at radius 2 is 1.96 bits per heavy atom. The minimum Gasteiger partial charge on any atom is -0.379 e. The molecule has 2 fully saturated rings. The van der Waals surface area contributed by atoms with E-state index in [2.05, 4.69) is 46.7 Å². The van der Waals surface area contributed by atoms with E-state index in [1.807, 2.05) is 6.07 Å². The van der Waals surface area contributed by atoms with Crippen molar-refractivity contribution in [2.75, 3.05) is 59.1 Å². The van der Waals surface area contributed by atoms with E-state index in [0.717, 1.165) is 71.5 Å². The highest BCUT2D eigenvalue weighted by molar-refractivity contribution is 5.79. The number of nitrogens with zero attached hydrogens (tertiary/aromatic N) is 2. The lowest BCUT2D eigenvalue weighted by atomic mass is 9.95. The molecule has 2 atom stereocenters. The molecule has 1 aromatic rings. The second kappa shape index (κ2) is 10.5. The van der Waals surface area contributed by atoms with Crippen molar-refractivity contribution >= 4 is 5.96 Å². The molecule has 0 saturated carbocycles. The molecule has 2 N–H and O–H groups in total. The van der Waals surface area contributed by atoms with Crippen molar-refractivity contribution in [3.8, 4) is 0 Å². The van der Waals surface area contributed by atoms with E-state index in [1.165, 1.54) is 5.56 Å². The third-order valence-electron chi connectivity index (χ3n) is 4.99. The summed E-state index contributed by atoms with van der Waals surface area (Å²) in [4.78, 5) is 7.25. The average molecular weight is 361 g/mol. The fourth-order valence-electron chi connectivity index (χ4n) is 3.54. The van der Waals surface area contributed by atoms with Crippen LogP contribution in [-0.2, 0) is 9.47 Å². The number of aliphatic imine (C=N–C) groups is 1. The Morgan fingerprint density at radius 3 is 2.73 bits per heavy atom. The van der Waals surface area contributed by atoms with Gasteiger partial charge in [-0.05, 0) is 18.9 Å². The maximum atomic E-state index is 5.98. The van der Waals surface area contributed by atoms with Crippen molar-refractivity contribution in [2.24, 2.45) is 10.9 Å². The molecule has 0 amide bonds. The first kappa shape index (κ1) is 19.1. The lowest BCUT2D eigenvalue weighted by molar-refractivity contribution is 0.0389. The van der Waals surface area contributed by atoms with Crippen LogP contribution in [0.3, 0.4) is 0 Å². The van der Waals surface area contributed by atoms with Crippen molar-refractivity contribution in [3.63, 3.8) is 0 Å².